The summed E-state index contributed by atoms with van der Waals surface area (Å²) in [5.74, 6) is 3.33. The van der Waals surface area contributed by atoms with Crippen LogP contribution in [0.15, 0.2) is 53.4 Å². The summed E-state index contributed by atoms with van der Waals surface area (Å²) < 4.78 is 60.9. The molecular formula is C19H16F5N7O3. The van der Waals surface area contributed by atoms with Crippen LogP contribution in [-0.2, 0) is 18.4 Å². The summed E-state index contributed by atoms with van der Waals surface area (Å²) >= 11 is 0. The molecule has 180 valence electrons. The van der Waals surface area contributed by atoms with Gasteiger partial charge in [-0.1, -0.05) is 12.0 Å². The second-order valence-corrected chi connectivity index (χ2v) is 6.35. The minimum atomic E-state index is -5.08. The first-order valence-corrected chi connectivity index (χ1v) is 9.08. The minimum Gasteiger partial charge on any atom is -0.475 e. The van der Waals surface area contributed by atoms with E-state index in [2.05, 4.69) is 27.0 Å². The Kier molecular flexibility index (Phi) is 8.40. The lowest BCUT2D eigenvalue weighted by Crippen LogP contribution is -2.26. The van der Waals surface area contributed by atoms with Crippen LogP contribution in [0.25, 0.3) is 5.82 Å². The fourth-order valence-electron chi connectivity index (χ4n) is 2.23. The topological polar surface area (TPSA) is 134 Å². The molecule has 3 heterocycles. The van der Waals surface area contributed by atoms with Crippen LogP contribution in [0.5, 0.6) is 0 Å². The summed E-state index contributed by atoms with van der Waals surface area (Å²) in [6, 6.07) is 4.97. The van der Waals surface area contributed by atoms with E-state index in [1.54, 1.807) is 42.3 Å². The maximum absolute atomic E-state index is 12.7. The Labute approximate surface area is 187 Å². The molecular weight excluding hydrogens is 469 g/mol. The van der Waals surface area contributed by atoms with E-state index in [1.165, 1.54) is 6.33 Å². The van der Waals surface area contributed by atoms with Crippen LogP contribution in [0.1, 0.15) is 11.3 Å². The number of carboxylic acid groups (broad SMARTS) is 1. The number of aryl methyl sites for hydroxylation is 1. The molecule has 3 aromatic rings. The maximum Gasteiger partial charge on any atom is 0.490 e. The molecule has 0 aromatic carbocycles. The average molecular weight is 485 g/mol. The second kappa shape index (κ2) is 11.0. The molecule has 0 aliphatic heterocycles. The third kappa shape index (κ3) is 7.10. The van der Waals surface area contributed by atoms with Crippen molar-refractivity contribution in [1.29, 1.82) is 0 Å². The number of pyridine rings is 1. The normalized spacial score (nSPS) is 10.6. The lowest BCUT2D eigenvalue weighted by atomic mass is 10.3. The molecule has 0 unspecified atom stereocenters. The molecule has 0 fully saturated rings. The van der Waals surface area contributed by atoms with Gasteiger partial charge in [-0.2, -0.15) is 32.1 Å². The SMILES string of the molecule is Cn1cc(C#Cc2cccc(-n3cnn(CC(CN)=C(F)F)c3=O)n2)cn1.O=C(O)C(F)(F)F. The first kappa shape index (κ1) is 25.9. The predicted octanol–water partition coefficient (Wildman–Crippen LogP) is 1.30. The van der Waals surface area contributed by atoms with Crippen molar-refractivity contribution in [3.05, 3.63) is 70.3 Å². The second-order valence-electron chi connectivity index (χ2n) is 6.35. The van der Waals surface area contributed by atoms with Gasteiger partial charge >= 0.3 is 17.8 Å². The molecule has 0 atom stereocenters. The van der Waals surface area contributed by atoms with E-state index in [0.29, 0.717) is 5.69 Å². The number of aromatic nitrogens is 6. The van der Waals surface area contributed by atoms with Gasteiger partial charge in [-0.05, 0) is 18.1 Å². The summed E-state index contributed by atoms with van der Waals surface area (Å²) in [4.78, 5) is 25.6. The van der Waals surface area contributed by atoms with Crippen molar-refractivity contribution in [3.63, 3.8) is 0 Å². The summed E-state index contributed by atoms with van der Waals surface area (Å²) in [5, 5.41) is 15.0. The highest BCUT2D eigenvalue weighted by atomic mass is 19.4. The first-order chi connectivity index (χ1) is 15.9. The van der Waals surface area contributed by atoms with E-state index in [1.807, 2.05) is 0 Å². The lowest BCUT2D eigenvalue weighted by Gasteiger charge is -2.02. The van der Waals surface area contributed by atoms with Gasteiger partial charge in [-0.3, -0.25) is 4.68 Å². The van der Waals surface area contributed by atoms with E-state index >= 15 is 0 Å². The Morgan fingerprint density at radius 2 is 1.88 bits per heavy atom. The number of nitrogens with two attached hydrogens (primary N) is 1. The Morgan fingerprint density at radius 1 is 1.21 bits per heavy atom. The summed E-state index contributed by atoms with van der Waals surface area (Å²) in [5.41, 5.74) is 5.48. The Hall–Kier alpha value is -4.32. The van der Waals surface area contributed by atoms with Gasteiger partial charge in [0.1, 0.15) is 17.8 Å². The Morgan fingerprint density at radius 3 is 2.41 bits per heavy atom. The van der Waals surface area contributed by atoms with Gasteiger partial charge in [0.2, 0.25) is 0 Å². The fraction of sp³-hybridized carbons (Fsp3) is 0.211. The van der Waals surface area contributed by atoms with Crippen LogP contribution in [0.2, 0.25) is 0 Å². The van der Waals surface area contributed by atoms with Gasteiger partial charge in [-0.25, -0.2) is 23.8 Å². The third-order valence-electron chi connectivity index (χ3n) is 3.85. The molecule has 0 saturated carbocycles. The van der Waals surface area contributed by atoms with Gasteiger partial charge in [-0.15, -0.1) is 0 Å². The molecule has 0 aliphatic carbocycles. The van der Waals surface area contributed by atoms with Crippen LogP contribution in [0.3, 0.4) is 0 Å². The fourth-order valence-corrected chi connectivity index (χ4v) is 2.23. The molecule has 10 nitrogen and oxygen atoms in total. The number of halogens is 5. The quantitative estimate of drug-likeness (QED) is 0.420. The molecule has 0 bridgehead atoms. The Balaban J connectivity index is 0.000000509. The van der Waals surface area contributed by atoms with Crippen molar-refractivity contribution in [2.75, 3.05) is 6.54 Å². The highest BCUT2D eigenvalue weighted by Gasteiger charge is 2.38. The van der Waals surface area contributed by atoms with Crippen LogP contribution >= 0.6 is 0 Å². The molecule has 0 saturated heterocycles. The van der Waals surface area contributed by atoms with Crippen molar-refractivity contribution in [2.45, 2.75) is 12.7 Å². The zero-order chi connectivity index (χ0) is 25.5. The zero-order valence-electron chi connectivity index (χ0n) is 17.3. The first-order valence-electron chi connectivity index (χ1n) is 9.08. The van der Waals surface area contributed by atoms with Gasteiger partial charge in [0.25, 0.3) is 6.08 Å². The van der Waals surface area contributed by atoms with Crippen LogP contribution in [0.4, 0.5) is 22.0 Å². The molecule has 3 N–H and O–H groups in total. The van der Waals surface area contributed by atoms with Crippen LogP contribution in [0, 0.1) is 11.8 Å². The molecule has 34 heavy (non-hydrogen) atoms. The molecule has 0 aliphatic rings. The van der Waals surface area contributed by atoms with Crippen molar-refractivity contribution < 1.29 is 31.9 Å². The molecule has 3 aromatic heterocycles. The standard InChI is InChI=1S/C17H15F2N7O.C2HF3O2/c1-24-9-12(8-21-24)5-6-14-3-2-4-15(23-14)25-11-22-26(17(25)27)10-13(7-20)16(18)19;3-2(4,5)1(6)7/h2-4,8-9,11H,7,10,20H2,1H3;(H,6,7). The highest BCUT2D eigenvalue weighted by molar-refractivity contribution is 5.73. The number of nitrogens with zero attached hydrogens (tertiary/aromatic N) is 6. The number of carboxylic acids is 1. The molecule has 0 spiro atoms. The van der Waals surface area contributed by atoms with Crippen LogP contribution < -0.4 is 11.4 Å². The van der Waals surface area contributed by atoms with E-state index in [9.17, 15) is 26.7 Å². The summed E-state index contributed by atoms with van der Waals surface area (Å²) in [6.45, 7) is -0.746. The van der Waals surface area contributed by atoms with Gasteiger partial charge in [0.05, 0.1) is 18.3 Å². The molecule has 0 radical (unpaired) electrons. The maximum atomic E-state index is 12.7. The number of aliphatic carboxylic acids is 1. The van der Waals surface area contributed by atoms with Crippen molar-refractivity contribution >= 4 is 5.97 Å². The smallest absolute Gasteiger partial charge is 0.475 e. The van der Waals surface area contributed by atoms with E-state index in [4.69, 9.17) is 15.6 Å². The average Bonchev–Trinajstić information content (AvgIpc) is 3.35. The van der Waals surface area contributed by atoms with Gasteiger partial charge < -0.3 is 10.8 Å². The zero-order valence-corrected chi connectivity index (χ0v) is 17.3. The van der Waals surface area contributed by atoms with Crippen molar-refractivity contribution in [3.8, 4) is 17.7 Å². The van der Waals surface area contributed by atoms with Gasteiger partial charge in [0.15, 0.2) is 0 Å². The van der Waals surface area contributed by atoms with Crippen molar-refractivity contribution in [2.24, 2.45) is 12.8 Å². The molecule has 3 rings (SSSR count). The number of hydrogen-bond acceptors (Lipinski definition) is 6. The largest absolute Gasteiger partial charge is 0.490 e. The number of hydrogen-bond donors (Lipinski definition) is 2. The van der Waals surface area contributed by atoms with E-state index in [-0.39, 0.29) is 24.5 Å². The minimum absolute atomic E-state index is 0.281. The highest BCUT2D eigenvalue weighted by Crippen LogP contribution is 2.13. The number of alkyl halides is 3. The molecule has 0 amide bonds. The van der Waals surface area contributed by atoms with E-state index in [0.717, 1.165) is 14.8 Å². The van der Waals surface area contributed by atoms with Crippen molar-refractivity contribution in [1.82, 2.24) is 29.1 Å². The van der Waals surface area contributed by atoms with Gasteiger partial charge in [0, 0.05) is 25.4 Å². The third-order valence-corrected chi connectivity index (χ3v) is 3.85. The summed E-state index contributed by atoms with van der Waals surface area (Å²) in [7, 11) is 1.79. The van der Waals surface area contributed by atoms with E-state index < -0.39 is 23.9 Å². The summed E-state index contributed by atoms with van der Waals surface area (Å²) in [6.07, 6.45) is -2.40. The Bertz CT molecular complexity index is 1310. The monoisotopic (exact) mass is 485 g/mol. The predicted molar refractivity (Wildman–Crippen MR) is 107 cm³/mol. The van der Waals surface area contributed by atoms with Crippen LogP contribution in [-0.4, -0.2) is 52.9 Å². The number of carbonyl (C=O) groups is 1. The number of rotatable bonds is 4. The molecule has 15 heteroatoms. The lowest BCUT2D eigenvalue weighted by molar-refractivity contribution is -0.192.